The number of rotatable bonds is 2. The number of carbonyl (C=O) groups excluding carboxylic acids is 1. The minimum Gasteiger partial charge on any atom is -0.465 e. The zero-order chi connectivity index (χ0) is 16.3. The van der Waals surface area contributed by atoms with Crippen LogP contribution in [0.3, 0.4) is 0 Å². The molecular weight excluding hydrogens is 296 g/mol. The van der Waals surface area contributed by atoms with Gasteiger partial charge in [-0.15, -0.1) is 0 Å². The van der Waals surface area contributed by atoms with E-state index in [1.54, 1.807) is 6.07 Å². The van der Waals surface area contributed by atoms with Crippen LogP contribution in [0.4, 0.5) is 0 Å². The van der Waals surface area contributed by atoms with Crippen molar-refractivity contribution >= 4 is 39.8 Å². The molecule has 0 atom stereocenters. The molecular formula is C17H18N2O2S. The van der Waals surface area contributed by atoms with E-state index in [-0.39, 0.29) is 5.97 Å². The quantitative estimate of drug-likeness (QED) is 0.369. The Morgan fingerprint density at radius 1 is 1.09 bits per heavy atom. The summed E-state index contributed by atoms with van der Waals surface area (Å²) >= 11 is 5.45. The molecule has 0 aliphatic rings. The number of esters is 1. The summed E-state index contributed by atoms with van der Waals surface area (Å²) in [4.78, 5) is 18.7. The van der Waals surface area contributed by atoms with E-state index in [1.807, 2.05) is 56.3 Å². The van der Waals surface area contributed by atoms with Crippen LogP contribution in [0.15, 0.2) is 41.4 Å². The van der Waals surface area contributed by atoms with Crippen molar-refractivity contribution in [2.75, 3.05) is 21.2 Å². The molecule has 0 saturated carbocycles. The van der Waals surface area contributed by atoms with Crippen molar-refractivity contribution in [3.05, 3.63) is 47.5 Å². The van der Waals surface area contributed by atoms with Gasteiger partial charge >= 0.3 is 5.97 Å². The van der Waals surface area contributed by atoms with E-state index in [9.17, 15) is 4.79 Å². The maximum atomic E-state index is 11.9. The summed E-state index contributed by atoms with van der Waals surface area (Å²) in [5, 5.41) is 1.71. The molecule has 114 valence electrons. The average Bonchev–Trinajstić information content (AvgIpc) is 2.52. The molecule has 0 bridgehead atoms. The Bertz CT molecular complexity index is 766. The van der Waals surface area contributed by atoms with Crippen LogP contribution in [0, 0.1) is 0 Å². The van der Waals surface area contributed by atoms with Crippen LogP contribution < -0.4 is 0 Å². The summed E-state index contributed by atoms with van der Waals surface area (Å²) in [5.41, 5.74) is 1.36. The third kappa shape index (κ3) is 3.14. The number of amidine groups is 1. The van der Waals surface area contributed by atoms with Crippen LogP contribution in [0.5, 0.6) is 0 Å². The molecule has 0 amide bonds. The fraction of sp³-hybridized carbons (Fsp3) is 0.235. The molecule has 2 aromatic carbocycles. The van der Waals surface area contributed by atoms with Crippen LogP contribution >= 0.6 is 12.2 Å². The molecule has 22 heavy (non-hydrogen) atoms. The van der Waals surface area contributed by atoms with Gasteiger partial charge in [0.15, 0.2) is 0 Å². The summed E-state index contributed by atoms with van der Waals surface area (Å²) in [6.07, 6.45) is 0. The van der Waals surface area contributed by atoms with Gasteiger partial charge in [0.05, 0.1) is 12.7 Å². The molecule has 0 aliphatic heterocycles. The molecule has 0 saturated heterocycles. The number of hydrogen-bond donors (Lipinski definition) is 0. The minimum absolute atomic E-state index is 0.360. The SMILES string of the molecule is COC(=O)c1ccc(C(=S)N=C(C)N(C)C)c2ccccc12. The Morgan fingerprint density at radius 3 is 2.18 bits per heavy atom. The molecule has 2 aromatic rings. The van der Waals surface area contributed by atoms with Gasteiger partial charge in [-0.2, -0.15) is 0 Å². The molecule has 0 aromatic heterocycles. The summed E-state index contributed by atoms with van der Waals surface area (Å²) in [7, 11) is 5.21. The lowest BCUT2D eigenvalue weighted by molar-refractivity contribution is 0.0603. The van der Waals surface area contributed by atoms with Crippen LogP contribution in [0.2, 0.25) is 0 Å². The smallest absolute Gasteiger partial charge is 0.338 e. The number of methoxy groups -OCH3 is 1. The lowest BCUT2D eigenvalue weighted by atomic mass is 9.99. The fourth-order valence-corrected chi connectivity index (χ4v) is 2.39. The van der Waals surface area contributed by atoms with Gasteiger partial charge in [-0.25, -0.2) is 9.79 Å². The largest absolute Gasteiger partial charge is 0.465 e. The lowest BCUT2D eigenvalue weighted by Gasteiger charge is -2.13. The average molecular weight is 314 g/mol. The van der Waals surface area contributed by atoms with E-state index in [0.717, 1.165) is 22.2 Å². The third-order valence-electron chi connectivity index (χ3n) is 3.47. The van der Waals surface area contributed by atoms with Crippen LogP contribution in [-0.4, -0.2) is 42.9 Å². The monoisotopic (exact) mass is 314 g/mol. The second-order valence-electron chi connectivity index (χ2n) is 5.06. The van der Waals surface area contributed by atoms with Crippen molar-refractivity contribution in [3.63, 3.8) is 0 Å². The first kappa shape index (κ1) is 16.1. The van der Waals surface area contributed by atoms with E-state index >= 15 is 0 Å². The van der Waals surface area contributed by atoms with E-state index in [1.165, 1.54) is 7.11 Å². The number of benzene rings is 2. The number of ether oxygens (including phenoxy) is 1. The summed E-state index contributed by atoms with van der Waals surface area (Å²) in [6, 6.07) is 11.2. The van der Waals surface area contributed by atoms with Gasteiger partial charge in [0.2, 0.25) is 0 Å². The van der Waals surface area contributed by atoms with Crippen LogP contribution in [0.1, 0.15) is 22.8 Å². The second kappa shape index (κ2) is 6.66. The summed E-state index contributed by atoms with van der Waals surface area (Å²) < 4.78 is 4.83. The zero-order valence-electron chi connectivity index (χ0n) is 13.1. The highest BCUT2D eigenvalue weighted by atomic mass is 32.1. The highest BCUT2D eigenvalue weighted by molar-refractivity contribution is 7.80. The van der Waals surface area contributed by atoms with Crippen molar-refractivity contribution in [2.24, 2.45) is 4.99 Å². The molecule has 2 rings (SSSR count). The molecule has 0 radical (unpaired) electrons. The Kier molecular flexibility index (Phi) is 4.88. The predicted octanol–water partition coefficient (Wildman–Crippen LogP) is 3.28. The highest BCUT2D eigenvalue weighted by Crippen LogP contribution is 2.24. The van der Waals surface area contributed by atoms with Crippen molar-refractivity contribution in [3.8, 4) is 0 Å². The Labute approximate surface area is 135 Å². The number of nitrogens with zero attached hydrogens (tertiary/aromatic N) is 2. The van der Waals surface area contributed by atoms with Crippen molar-refractivity contribution in [1.82, 2.24) is 4.90 Å². The predicted molar refractivity (Wildman–Crippen MR) is 93.8 cm³/mol. The van der Waals surface area contributed by atoms with E-state index in [0.29, 0.717) is 10.6 Å². The number of fused-ring (bicyclic) bond motifs is 1. The highest BCUT2D eigenvalue weighted by Gasteiger charge is 2.14. The van der Waals surface area contributed by atoms with Crippen LogP contribution in [-0.2, 0) is 4.74 Å². The Balaban J connectivity index is 2.60. The minimum atomic E-state index is -0.360. The first-order chi connectivity index (χ1) is 10.5. The first-order valence-electron chi connectivity index (χ1n) is 6.82. The van der Waals surface area contributed by atoms with Gasteiger partial charge in [-0.3, -0.25) is 0 Å². The van der Waals surface area contributed by atoms with E-state index in [2.05, 4.69) is 4.99 Å². The summed E-state index contributed by atoms with van der Waals surface area (Å²) in [5.74, 6) is 0.466. The summed E-state index contributed by atoms with van der Waals surface area (Å²) in [6.45, 7) is 1.90. The molecule has 0 N–H and O–H groups in total. The molecule has 0 heterocycles. The topological polar surface area (TPSA) is 41.9 Å². The lowest BCUT2D eigenvalue weighted by Crippen LogP contribution is -2.19. The second-order valence-corrected chi connectivity index (χ2v) is 5.44. The number of hydrogen-bond acceptors (Lipinski definition) is 3. The molecule has 0 unspecified atom stereocenters. The molecule has 0 spiro atoms. The van der Waals surface area contributed by atoms with Crippen molar-refractivity contribution in [2.45, 2.75) is 6.92 Å². The molecule has 0 aliphatic carbocycles. The maximum Gasteiger partial charge on any atom is 0.338 e. The van der Waals surface area contributed by atoms with Gasteiger partial charge in [0.25, 0.3) is 0 Å². The van der Waals surface area contributed by atoms with Gasteiger partial charge in [-0.1, -0.05) is 42.5 Å². The first-order valence-corrected chi connectivity index (χ1v) is 7.23. The third-order valence-corrected chi connectivity index (χ3v) is 3.78. The zero-order valence-corrected chi connectivity index (χ0v) is 13.9. The van der Waals surface area contributed by atoms with Gasteiger partial charge in [0.1, 0.15) is 10.8 Å². The fourth-order valence-electron chi connectivity index (χ4n) is 2.08. The number of aliphatic imine (C=N–C) groups is 1. The maximum absolute atomic E-state index is 11.9. The number of carbonyl (C=O) groups is 1. The van der Waals surface area contributed by atoms with Gasteiger partial charge in [-0.05, 0) is 23.8 Å². The van der Waals surface area contributed by atoms with Gasteiger partial charge < -0.3 is 9.64 Å². The van der Waals surface area contributed by atoms with Crippen molar-refractivity contribution in [1.29, 1.82) is 0 Å². The van der Waals surface area contributed by atoms with Gasteiger partial charge in [0, 0.05) is 19.7 Å². The molecule has 4 nitrogen and oxygen atoms in total. The normalized spacial score (nSPS) is 11.4. The Morgan fingerprint density at radius 2 is 1.64 bits per heavy atom. The van der Waals surface area contributed by atoms with E-state index in [4.69, 9.17) is 17.0 Å². The molecule has 0 fully saturated rings. The van der Waals surface area contributed by atoms with Crippen molar-refractivity contribution < 1.29 is 9.53 Å². The molecule has 5 heteroatoms. The van der Waals surface area contributed by atoms with E-state index < -0.39 is 0 Å². The van der Waals surface area contributed by atoms with Crippen LogP contribution in [0.25, 0.3) is 10.8 Å². The Hall–Kier alpha value is -2.27. The standard InChI is InChI=1S/C17H18N2O2S/c1-11(19(2)3)18-16(22)14-9-10-15(17(20)21-4)13-8-6-5-7-12(13)14/h5-10H,1-4H3. The number of thiocarbonyl (C=S) groups is 1.